The molecule has 0 aromatic carbocycles. The number of hydrogen-bond acceptors (Lipinski definition) is 4. The van der Waals surface area contributed by atoms with Gasteiger partial charge < -0.3 is 4.90 Å². The number of hydrogen-bond donors (Lipinski definition) is 0. The third-order valence-electron chi connectivity index (χ3n) is 7.68. The minimum absolute atomic E-state index is 0.356. The molecule has 3 fully saturated rings. The van der Waals surface area contributed by atoms with Crippen molar-refractivity contribution in [3.05, 3.63) is 23.8 Å². The zero-order chi connectivity index (χ0) is 19.0. The molecule has 4 rings (SSSR count). The summed E-state index contributed by atoms with van der Waals surface area (Å²) in [6.07, 6.45) is 14.2. The van der Waals surface area contributed by atoms with Gasteiger partial charge in [0, 0.05) is 30.3 Å². The smallest absolute Gasteiger partial charge is 0.132 e. The van der Waals surface area contributed by atoms with Crippen molar-refractivity contribution >= 4 is 5.78 Å². The van der Waals surface area contributed by atoms with Crippen LogP contribution in [-0.4, -0.2) is 39.8 Å². The molecule has 1 aromatic heterocycles. The fraction of sp³-hybridized carbons (Fsp3) is 0.783. The molecule has 1 aliphatic heterocycles. The van der Waals surface area contributed by atoms with E-state index in [0.717, 1.165) is 24.7 Å². The lowest BCUT2D eigenvalue weighted by atomic mass is 9.56. The van der Waals surface area contributed by atoms with Gasteiger partial charge in [0.15, 0.2) is 0 Å². The van der Waals surface area contributed by atoms with E-state index in [4.69, 9.17) is 0 Å². The normalized spacial score (nSPS) is 32.6. The Kier molecular flexibility index (Phi) is 5.37. The number of piperidine rings is 1. The number of aromatic nitrogens is 2. The number of ketones is 1. The molecular weight excluding hydrogens is 334 g/mol. The van der Waals surface area contributed by atoms with Crippen molar-refractivity contribution in [2.45, 2.75) is 90.0 Å². The van der Waals surface area contributed by atoms with E-state index in [2.05, 4.69) is 41.1 Å². The molecule has 2 saturated carbocycles. The first-order chi connectivity index (χ1) is 13.0. The third kappa shape index (κ3) is 3.96. The van der Waals surface area contributed by atoms with E-state index in [0.29, 0.717) is 29.0 Å². The van der Waals surface area contributed by atoms with Crippen molar-refractivity contribution < 1.29 is 4.79 Å². The largest absolute Gasteiger partial charge is 0.300 e. The zero-order valence-electron chi connectivity index (χ0n) is 17.3. The summed E-state index contributed by atoms with van der Waals surface area (Å²) >= 11 is 0. The quantitative estimate of drug-likeness (QED) is 0.771. The van der Waals surface area contributed by atoms with Crippen LogP contribution in [0, 0.1) is 11.3 Å². The Morgan fingerprint density at radius 1 is 1.07 bits per heavy atom. The third-order valence-corrected chi connectivity index (χ3v) is 7.68. The number of likely N-dealkylation sites (tertiary alicyclic amines) is 1. The summed E-state index contributed by atoms with van der Waals surface area (Å²) in [5.74, 6) is 2.75. The van der Waals surface area contributed by atoms with Gasteiger partial charge in [-0.1, -0.05) is 13.8 Å². The van der Waals surface area contributed by atoms with Crippen molar-refractivity contribution in [3.63, 3.8) is 0 Å². The number of carbonyl (C=O) groups excluding carboxylic acids is 1. The average molecular weight is 370 g/mol. The molecule has 1 spiro atoms. The molecule has 4 nitrogen and oxygen atoms in total. The van der Waals surface area contributed by atoms with Gasteiger partial charge >= 0.3 is 0 Å². The Hall–Kier alpha value is -1.29. The molecule has 3 aliphatic rings. The standard InChI is InChI=1S/C23H35N3O/c1-16(2)22-24-14-20(15-25-22)19-6-10-26(11-7-19)21-12-23(13-21)8-4-18(5-9-23)17(3)27/h14-16,18-19,21H,4-13H2,1-3H3. The van der Waals surface area contributed by atoms with Crippen LogP contribution in [0.25, 0.3) is 0 Å². The van der Waals surface area contributed by atoms with E-state index in [-0.39, 0.29) is 0 Å². The van der Waals surface area contributed by atoms with Crippen molar-refractivity contribution in [2.75, 3.05) is 13.1 Å². The molecule has 0 N–H and O–H groups in total. The lowest BCUT2D eigenvalue weighted by molar-refractivity contribution is -0.124. The van der Waals surface area contributed by atoms with Crippen LogP contribution in [0.4, 0.5) is 0 Å². The molecule has 2 aliphatic carbocycles. The van der Waals surface area contributed by atoms with Crippen molar-refractivity contribution in [1.82, 2.24) is 14.9 Å². The Labute approximate surface area is 164 Å². The highest BCUT2D eigenvalue weighted by molar-refractivity contribution is 5.78. The van der Waals surface area contributed by atoms with Gasteiger partial charge in [0.2, 0.25) is 0 Å². The molecule has 0 bridgehead atoms. The predicted octanol–water partition coefficient (Wildman–Crippen LogP) is 4.71. The van der Waals surface area contributed by atoms with Crippen molar-refractivity contribution in [1.29, 1.82) is 0 Å². The van der Waals surface area contributed by atoms with E-state index in [1.165, 1.54) is 57.2 Å². The Morgan fingerprint density at radius 3 is 2.19 bits per heavy atom. The summed E-state index contributed by atoms with van der Waals surface area (Å²) in [6.45, 7) is 8.50. The van der Waals surface area contributed by atoms with E-state index < -0.39 is 0 Å². The highest BCUT2D eigenvalue weighted by Gasteiger charge is 2.48. The van der Waals surface area contributed by atoms with E-state index >= 15 is 0 Å². The minimum Gasteiger partial charge on any atom is -0.300 e. The maximum atomic E-state index is 11.6. The molecule has 2 heterocycles. The second kappa shape index (κ2) is 7.62. The Balaban J connectivity index is 1.24. The highest BCUT2D eigenvalue weighted by Crippen LogP contribution is 2.54. The van der Waals surface area contributed by atoms with Crippen LogP contribution >= 0.6 is 0 Å². The van der Waals surface area contributed by atoms with Crippen LogP contribution in [0.3, 0.4) is 0 Å². The van der Waals surface area contributed by atoms with Crippen molar-refractivity contribution in [2.24, 2.45) is 11.3 Å². The lowest BCUT2D eigenvalue weighted by Crippen LogP contribution is -2.54. The predicted molar refractivity (Wildman–Crippen MR) is 108 cm³/mol. The van der Waals surface area contributed by atoms with Crippen molar-refractivity contribution in [3.8, 4) is 0 Å². The molecule has 4 heteroatoms. The highest BCUT2D eigenvalue weighted by atomic mass is 16.1. The Morgan fingerprint density at radius 2 is 1.67 bits per heavy atom. The summed E-state index contributed by atoms with van der Waals surface area (Å²) in [6, 6.07) is 0.791. The SMILES string of the molecule is CC(=O)C1CCC2(CC1)CC(N1CCC(c3cnc(C(C)C)nc3)CC1)C2. The van der Waals surface area contributed by atoms with Crippen LogP contribution in [0.2, 0.25) is 0 Å². The van der Waals surface area contributed by atoms with Crippen LogP contribution in [0.1, 0.15) is 95.4 Å². The van der Waals surface area contributed by atoms with Crippen LogP contribution < -0.4 is 0 Å². The zero-order valence-corrected chi connectivity index (χ0v) is 17.3. The number of Topliss-reactive ketones (excluding diaryl/α,β-unsaturated/α-hetero) is 1. The summed E-state index contributed by atoms with van der Waals surface area (Å²) in [4.78, 5) is 23.5. The van der Waals surface area contributed by atoms with Gasteiger partial charge in [-0.2, -0.15) is 0 Å². The van der Waals surface area contributed by atoms with Gasteiger partial charge in [-0.15, -0.1) is 0 Å². The van der Waals surface area contributed by atoms with Crippen LogP contribution in [0.15, 0.2) is 12.4 Å². The summed E-state index contributed by atoms with van der Waals surface area (Å²) in [7, 11) is 0. The van der Waals surface area contributed by atoms with E-state index in [1.807, 2.05) is 0 Å². The molecule has 0 unspecified atom stereocenters. The van der Waals surface area contributed by atoms with E-state index in [9.17, 15) is 4.79 Å². The molecule has 27 heavy (non-hydrogen) atoms. The van der Waals surface area contributed by atoms with Crippen LogP contribution in [-0.2, 0) is 4.79 Å². The van der Waals surface area contributed by atoms with Gasteiger partial charge in [-0.3, -0.25) is 4.79 Å². The van der Waals surface area contributed by atoms with Crippen LogP contribution in [0.5, 0.6) is 0 Å². The molecule has 0 atom stereocenters. The first-order valence-corrected chi connectivity index (χ1v) is 11.0. The maximum absolute atomic E-state index is 11.6. The molecule has 0 amide bonds. The fourth-order valence-corrected chi connectivity index (χ4v) is 5.70. The van der Waals surface area contributed by atoms with Gasteiger partial charge in [-0.05, 0) is 88.3 Å². The molecular formula is C23H35N3O. The van der Waals surface area contributed by atoms with Gasteiger partial charge in [-0.25, -0.2) is 9.97 Å². The number of carbonyl (C=O) groups is 1. The van der Waals surface area contributed by atoms with Gasteiger partial charge in [0.1, 0.15) is 11.6 Å². The Bertz CT molecular complexity index is 645. The maximum Gasteiger partial charge on any atom is 0.132 e. The summed E-state index contributed by atoms with van der Waals surface area (Å²) < 4.78 is 0. The molecule has 0 radical (unpaired) electrons. The molecule has 148 valence electrons. The first-order valence-electron chi connectivity index (χ1n) is 11.0. The van der Waals surface area contributed by atoms with Gasteiger partial charge in [0.25, 0.3) is 0 Å². The van der Waals surface area contributed by atoms with E-state index in [1.54, 1.807) is 6.92 Å². The topological polar surface area (TPSA) is 46.1 Å². The molecule has 1 aromatic rings. The second-order valence-corrected chi connectivity index (χ2v) is 9.79. The fourth-order valence-electron chi connectivity index (χ4n) is 5.70. The number of nitrogens with zero attached hydrogens (tertiary/aromatic N) is 3. The summed E-state index contributed by atoms with van der Waals surface area (Å²) in [5, 5.41) is 0. The average Bonchev–Trinajstić information content (AvgIpc) is 2.66. The number of rotatable bonds is 4. The second-order valence-electron chi connectivity index (χ2n) is 9.79. The first kappa shape index (κ1) is 19.0. The summed E-state index contributed by atoms with van der Waals surface area (Å²) in [5.41, 5.74) is 1.90. The minimum atomic E-state index is 0.356. The van der Waals surface area contributed by atoms with Gasteiger partial charge in [0.05, 0.1) is 0 Å². The monoisotopic (exact) mass is 369 g/mol. The molecule has 1 saturated heterocycles. The lowest BCUT2D eigenvalue weighted by Gasteiger charge is -2.55.